The SMILES string of the molecule is CN=C(NCCCc1cccc(Br)c1)NCCc1cccc(C(=O)N(C)C)c1. The average molecular weight is 445 g/mol. The van der Waals surface area contributed by atoms with Crippen molar-refractivity contribution in [2.75, 3.05) is 34.2 Å². The second-order valence-corrected chi connectivity index (χ2v) is 7.72. The lowest BCUT2D eigenvalue weighted by atomic mass is 10.1. The summed E-state index contributed by atoms with van der Waals surface area (Å²) in [5.74, 6) is 0.826. The molecule has 0 saturated heterocycles. The fourth-order valence-corrected chi connectivity index (χ4v) is 3.30. The zero-order valence-electron chi connectivity index (χ0n) is 16.8. The molecule has 150 valence electrons. The Hall–Kier alpha value is -2.34. The molecule has 0 bridgehead atoms. The van der Waals surface area contributed by atoms with Gasteiger partial charge in [0.1, 0.15) is 0 Å². The van der Waals surface area contributed by atoms with Gasteiger partial charge in [-0.1, -0.05) is 40.2 Å². The number of hydrogen-bond acceptors (Lipinski definition) is 2. The van der Waals surface area contributed by atoms with Crippen LogP contribution < -0.4 is 10.6 Å². The molecule has 0 unspecified atom stereocenters. The topological polar surface area (TPSA) is 56.7 Å². The monoisotopic (exact) mass is 444 g/mol. The smallest absolute Gasteiger partial charge is 0.253 e. The van der Waals surface area contributed by atoms with Crippen LogP contribution >= 0.6 is 15.9 Å². The summed E-state index contributed by atoms with van der Waals surface area (Å²) in [7, 11) is 5.31. The van der Waals surface area contributed by atoms with Gasteiger partial charge in [-0.25, -0.2) is 0 Å². The first-order valence-electron chi connectivity index (χ1n) is 9.49. The van der Waals surface area contributed by atoms with E-state index in [-0.39, 0.29) is 5.91 Å². The Morgan fingerprint density at radius 3 is 2.36 bits per heavy atom. The molecule has 0 aromatic heterocycles. The molecule has 2 aromatic rings. The van der Waals surface area contributed by atoms with Crippen LogP contribution in [0.15, 0.2) is 58.0 Å². The van der Waals surface area contributed by atoms with Gasteiger partial charge in [-0.2, -0.15) is 0 Å². The summed E-state index contributed by atoms with van der Waals surface area (Å²) in [5.41, 5.74) is 3.18. The highest BCUT2D eigenvalue weighted by Crippen LogP contribution is 2.12. The molecule has 0 heterocycles. The molecular weight excluding hydrogens is 416 g/mol. The summed E-state index contributed by atoms with van der Waals surface area (Å²) in [6.45, 7) is 1.62. The van der Waals surface area contributed by atoms with E-state index < -0.39 is 0 Å². The first-order valence-corrected chi connectivity index (χ1v) is 10.3. The van der Waals surface area contributed by atoms with Gasteiger partial charge in [0.2, 0.25) is 0 Å². The standard InChI is InChI=1S/C22H29BrN4O/c1-24-22(25-13-6-9-17-8-5-11-20(23)16-17)26-14-12-18-7-4-10-19(15-18)21(28)27(2)3/h4-5,7-8,10-11,15-16H,6,9,12-14H2,1-3H3,(H2,24,25,26). The van der Waals surface area contributed by atoms with Crippen molar-refractivity contribution in [3.8, 4) is 0 Å². The van der Waals surface area contributed by atoms with E-state index in [0.717, 1.165) is 53.9 Å². The third-order valence-electron chi connectivity index (χ3n) is 4.33. The van der Waals surface area contributed by atoms with Crippen molar-refractivity contribution in [2.45, 2.75) is 19.3 Å². The molecule has 2 N–H and O–H groups in total. The summed E-state index contributed by atoms with van der Waals surface area (Å²) in [6.07, 6.45) is 2.88. The number of benzene rings is 2. The number of carbonyl (C=O) groups excluding carboxylic acids is 1. The number of hydrogen-bond donors (Lipinski definition) is 2. The lowest BCUT2D eigenvalue weighted by Crippen LogP contribution is -2.38. The second-order valence-electron chi connectivity index (χ2n) is 6.81. The zero-order chi connectivity index (χ0) is 20.4. The maximum atomic E-state index is 12.1. The van der Waals surface area contributed by atoms with Gasteiger partial charge in [0.15, 0.2) is 5.96 Å². The number of halogens is 1. The molecule has 0 aliphatic rings. The number of guanidine groups is 1. The molecule has 0 aliphatic heterocycles. The predicted molar refractivity (Wildman–Crippen MR) is 120 cm³/mol. The molecular formula is C22H29BrN4O. The Morgan fingerprint density at radius 1 is 1.00 bits per heavy atom. The van der Waals surface area contributed by atoms with Crippen LogP contribution in [0.2, 0.25) is 0 Å². The molecule has 2 rings (SSSR count). The molecule has 28 heavy (non-hydrogen) atoms. The van der Waals surface area contributed by atoms with Crippen LogP contribution in [0, 0.1) is 0 Å². The summed E-state index contributed by atoms with van der Waals surface area (Å²) >= 11 is 3.51. The van der Waals surface area contributed by atoms with Crippen LogP contribution in [0.4, 0.5) is 0 Å². The molecule has 2 aromatic carbocycles. The Morgan fingerprint density at radius 2 is 1.68 bits per heavy atom. The third kappa shape index (κ3) is 7.35. The molecule has 0 radical (unpaired) electrons. The van der Waals surface area contributed by atoms with Crippen molar-refractivity contribution >= 4 is 27.8 Å². The Bertz CT molecular complexity index is 805. The molecule has 6 heteroatoms. The van der Waals surface area contributed by atoms with Crippen molar-refractivity contribution < 1.29 is 4.79 Å². The Kier molecular flexibility index (Phi) is 9.01. The first kappa shape index (κ1) is 22.0. The molecule has 1 amide bonds. The first-order chi connectivity index (χ1) is 13.5. The number of rotatable bonds is 8. The zero-order valence-corrected chi connectivity index (χ0v) is 18.4. The van der Waals surface area contributed by atoms with Crippen LogP contribution in [0.5, 0.6) is 0 Å². The minimum atomic E-state index is 0.0257. The van der Waals surface area contributed by atoms with Crippen molar-refractivity contribution in [3.63, 3.8) is 0 Å². The van der Waals surface area contributed by atoms with Gasteiger partial charge < -0.3 is 15.5 Å². The van der Waals surface area contributed by atoms with E-state index in [1.807, 2.05) is 30.3 Å². The quantitative estimate of drug-likeness (QED) is 0.372. The highest BCUT2D eigenvalue weighted by atomic mass is 79.9. The Balaban J connectivity index is 1.72. The third-order valence-corrected chi connectivity index (χ3v) is 4.83. The number of aliphatic imine (C=N–C) groups is 1. The van der Waals surface area contributed by atoms with Crippen LogP contribution in [0.3, 0.4) is 0 Å². The summed E-state index contributed by atoms with van der Waals surface area (Å²) in [6, 6.07) is 16.2. The van der Waals surface area contributed by atoms with Gasteiger partial charge in [0, 0.05) is 44.3 Å². The van der Waals surface area contributed by atoms with Crippen LogP contribution in [0.25, 0.3) is 0 Å². The van der Waals surface area contributed by atoms with Crippen LogP contribution in [0.1, 0.15) is 27.9 Å². The Labute approximate surface area is 176 Å². The second kappa shape index (κ2) is 11.5. The van der Waals surface area contributed by atoms with Gasteiger partial charge in [0.25, 0.3) is 5.91 Å². The molecule has 0 atom stereocenters. The van der Waals surface area contributed by atoms with Crippen molar-refractivity contribution in [1.29, 1.82) is 0 Å². The largest absolute Gasteiger partial charge is 0.356 e. The number of carbonyl (C=O) groups is 1. The van der Waals surface area contributed by atoms with Gasteiger partial charge in [-0.3, -0.25) is 9.79 Å². The van der Waals surface area contributed by atoms with Crippen LogP contribution in [-0.2, 0) is 12.8 Å². The van der Waals surface area contributed by atoms with E-state index >= 15 is 0 Å². The molecule has 0 fully saturated rings. The van der Waals surface area contributed by atoms with Crippen molar-refractivity contribution in [3.05, 3.63) is 69.7 Å². The minimum Gasteiger partial charge on any atom is -0.356 e. The molecule has 5 nitrogen and oxygen atoms in total. The van der Waals surface area contributed by atoms with Crippen molar-refractivity contribution in [1.82, 2.24) is 15.5 Å². The van der Waals surface area contributed by atoms with Crippen LogP contribution in [-0.4, -0.2) is 51.0 Å². The van der Waals surface area contributed by atoms with E-state index in [0.29, 0.717) is 0 Å². The number of nitrogens with zero attached hydrogens (tertiary/aromatic N) is 2. The fourth-order valence-electron chi connectivity index (χ4n) is 2.86. The molecule has 0 spiro atoms. The summed E-state index contributed by atoms with van der Waals surface area (Å²) < 4.78 is 1.12. The molecule has 0 saturated carbocycles. The number of amides is 1. The van der Waals surface area contributed by atoms with Gasteiger partial charge in [-0.15, -0.1) is 0 Å². The lowest BCUT2D eigenvalue weighted by molar-refractivity contribution is 0.0827. The maximum Gasteiger partial charge on any atom is 0.253 e. The highest BCUT2D eigenvalue weighted by Gasteiger charge is 2.08. The molecule has 0 aliphatic carbocycles. The van der Waals surface area contributed by atoms with E-state index in [9.17, 15) is 4.79 Å². The summed E-state index contributed by atoms with van der Waals surface area (Å²) in [5, 5.41) is 6.68. The predicted octanol–water partition coefficient (Wildman–Crippen LogP) is 3.49. The van der Waals surface area contributed by atoms with E-state index in [1.165, 1.54) is 5.56 Å². The van der Waals surface area contributed by atoms with E-state index in [2.05, 4.69) is 49.8 Å². The van der Waals surface area contributed by atoms with Gasteiger partial charge in [0.05, 0.1) is 0 Å². The van der Waals surface area contributed by atoms with Gasteiger partial charge >= 0.3 is 0 Å². The fraction of sp³-hybridized carbons (Fsp3) is 0.364. The lowest BCUT2D eigenvalue weighted by Gasteiger charge is -2.13. The normalized spacial score (nSPS) is 11.2. The highest BCUT2D eigenvalue weighted by molar-refractivity contribution is 9.10. The van der Waals surface area contributed by atoms with Crippen molar-refractivity contribution in [2.24, 2.45) is 4.99 Å². The minimum absolute atomic E-state index is 0.0257. The van der Waals surface area contributed by atoms with E-state index in [1.54, 1.807) is 26.0 Å². The maximum absolute atomic E-state index is 12.1. The number of aryl methyl sites for hydroxylation is 1. The van der Waals surface area contributed by atoms with Gasteiger partial charge in [-0.05, 0) is 54.7 Å². The summed E-state index contributed by atoms with van der Waals surface area (Å²) in [4.78, 5) is 17.9. The number of nitrogens with one attached hydrogen (secondary N) is 2. The average Bonchev–Trinajstić information content (AvgIpc) is 2.69. The van der Waals surface area contributed by atoms with E-state index in [4.69, 9.17) is 0 Å².